The first-order valence-corrected chi connectivity index (χ1v) is 8.62. The molecule has 1 fully saturated rings. The van der Waals surface area contributed by atoms with E-state index in [0.717, 1.165) is 36.9 Å². The van der Waals surface area contributed by atoms with Crippen molar-refractivity contribution in [1.29, 1.82) is 0 Å². The Labute approximate surface area is 144 Å². The van der Waals surface area contributed by atoms with Gasteiger partial charge in [0.2, 0.25) is 0 Å². The fourth-order valence-electron chi connectivity index (χ4n) is 2.31. The lowest BCUT2D eigenvalue weighted by Crippen LogP contribution is -2.42. The maximum Gasteiger partial charge on any atom is 0.417 e. The van der Waals surface area contributed by atoms with Gasteiger partial charge in [-0.15, -0.1) is 10.2 Å². The van der Waals surface area contributed by atoms with Gasteiger partial charge in [-0.1, -0.05) is 11.6 Å². The average molecular weight is 379 g/mol. The highest BCUT2D eigenvalue weighted by Gasteiger charge is 2.32. The molecule has 1 aliphatic heterocycles. The Hall–Kier alpha value is -1.68. The zero-order valence-corrected chi connectivity index (χ0v) is 14.0. The summed E-state index contributed by atoms with van der Waals surface area (Å²) in [6.07, 6.45) is -3.59. The number of fused-ring (bicyclic) bond motifs is 1. The first-order valence-electron chi connectivity index (χ1n) is 7.09. The second-order valence-electron chi connectivity index (χ2n) is 5.16. The summed E-state index contributed by atoms with van der Waals surface area (Å²) in [5, 5.41) is 7.57. The summed E-state index contributed by atoms with van der Waals surface area (Å²) in [6.45, 7) is 1.61. The number of aromatic nitrogens is 3. The molecule has 1 aliphatic rings. The van der Waals surface area contributed by atoms with Gasteiger partial charge in [0.15, 0.2) is 17.4 Å². The maximum absolute atomic E-state index is 12.9. The summed E-state index contributed by atoms with van der Waals surface area (Å²) in [5.41, 5.74) is 5.23. The second kappa shape index (κ2) is 6.67. The highest BCUT2D eigenvalue weighted by Crippen LogP contribution is 2.32. The van der Waals surface area contributed by atoms with E-state index in [1.165, 1.54) is 4.40 Å². The monoisotopic (exact) mass is 378 g/mol. The van der Waals surface area contributed by atoms with E-state index in [1.807, 2.05) is 16.7 Å². The number of hydrogen-bond acceptors (Lipinski definition) is 4. The van der Waals surface area contributed by atoms with Crippen LogP contribution in [0.5, 0.6) is 0 Å². The van der Waals surface area contributed by atoms with Crippen molar-refractivity contribution in [1.82, 2.24) is 19.5 Å². The van der Waals surface area contributed by atoms with E-state index in [9.17, 15) is 13.2 Å². The Morgan fingerprint density at radius 3 is 2.71 bits per heavy atom. The smallest absolute Gasteiger partial charge is 0.370 e. The molecule has 3 rings (SSSR count). The van der Waals surface area contributed by atoms with E-state index in [0.29, 0.717) is 5.96 Å². The molecule has 1 saturated heterocycles. The van der Waals surface area contributed by atoms with Crippen LogP contribution in [0.2, 0.25) is 5.02 Å². The molecule has 0 saturated carbocycles. The highest BCUT2D eigenvalue weighted by molar-refractivity contribution is 7.99. The van der Waals surface area contributed by atoms with Gasteiger partial charge < -0.3 is 10.6 Å². The molecule has 0 unspecified atom stereocenters. The molecule has 2 N–H and O–H groups in total. The number of nitrogens with two attached hydrogens (primary N) is 1. The van der Waals surface area contributed by atoms with Crippen LogP contribution in [-0.2, 0) is 12.7 Å². The molecule has 0 amide bonds. The minimum atomic E-state index is -4.51. The van der Waals surface area contributed by atoms with Gasteiger partial charge in [0.25, 0.3) is 0 Å². The molecule has 11 heteroatoms. The van der Waals surface area contributed by atoms with Gasteiger partial charge in [0.05, 0.1) is 10.6 Å². The molecule has 130 valence electrons. The number of nitrogens with zero attached hydrogens (tertiary/aromatic N) is 5. The van der Waals surface area contributed by atoms with E-state index >= 15 is 0 Å². The number of guanidine groups is 1. The third-order valence-electron chi connectivity index (χ3n) is 3.58. The molecule has 0 aromatic carbocycles. The minimum absolute atomic E-state index is 0.0221. The highest BCUT2D eigenvalue weighted by atomic mass is 35.5. The number of alkyl halides is 3. The normalized spacial score (nSPS) is 16.8. The molecule has 0 radical (unpaired) electrons. The fraction of sp³-hybridized carbons (Fsp3) is 0.462. The summed E-state index contributed by atoms with van der Waals surface area (Å²) in [7, 11) is 0. The van der Waals surface area contributed by atoms with Crippen molar-refractivity contribution >= 4 is 35.0 Å². The van der Waals surface area contributed by atoms with Crippen LogP contribution in [0.15, 0.2) is 17.3 Å². The number of thioether (sulfide) groups is 1. The maximum atomic E-state index is 12.9. The van der Waals surface area contributed by atoms with Gasteiger partial charge >= 0.3 is 6.18 Å². The van der Waals surface area contributed by atoms with Gasteiger partial charge in [-0.05, 0) is 6.07 Å². The van der Waals surface area contributed by atoms with Crippen molar-refractivity contribution in [3.63, 3.8) is 0 Å². The lowest BCUT2D eigenvalue weighted by atomic mass is 10.3. The Kier molecular flexibility index (Phi) is 4.77. The predicted octanol–water partition coefficient (Wildman–Crippen LogP) is 2.26. The van der Waals surface area contributed by atoms with E-state index in [2.05, 4.69) is 15.2 Å². The van der Waals surface area contributed by atoms with Gasteiger partial charge in [-0.2, -0.15) is 24.9 Å². The van der Waals surface area contributed by atoms with Crippen LogP contribution in [0, 0.1) is 0 Å². The average Bonchev–Trinajstić information content (AvgIpc) is 2.96. The topological polar surface area (TPSA) is 71.8 Å². The first kappa shape index (κ1) is 17.2. The van der Waals surface area contributed by atoms with E-state index in [-0.39, 0.29) is 23.0 Å². The summed E-state index contributed by atoms with van der Waals surface area (Å²) in [5.74, 6) is 2.53. The van der Waals surface area contributed by atoms with Crippen molar-refractivity contribution in [3.05, 3.63) is 28.7 Å². The second-order valence-corrected chi connectivity index (χ2v) is 6.79. The van der Waals surface area contributed by atoms with Crippen molar-refractivity contribution in [2.45, 2.75) is 12.7 Å². The van der Waals surface area contributed by atoms with Crippen LogP contribution >= 0.6 is 23.4 Å². The number of aliphatic imine (C=N–C) groups is 1. The fourth-order valence-corrected chi connectivity index (χ4v) is 3.46. The van der Waals surface area contributed by atoms with Gasteiger partial charge in [-0.3, -0.25) is 4.40 Å². The molecule has 0 aliphatic carbocycles. The van der Waals surface area contributed by atoms with Crippen LogP contribution in [0.4, 0.5) is 13.2 Å². The zero-order valence-electron chi connectivity index (χ0n) is 12.4. The molecule has 3 heterocycles. The Bertz CT molecular complexity index is 769. The number of pyridine rings is 1. The van der Waals surface area contributed by atoms with Gasteiger partial charge in [-0.25, -0.2) is 4.99 Å². The Balaban J connectivity index is 1.88. The Morgan fingerprint density at radius 2 is 2.04 bits per heavy atom. The van der Waals surface area contributed by atoms with E-state index in [4.69, 9.17) is 17.3 Å². The van der Waals surface area contributed by atoms with Gasteiger partial charge in [0, 0.05) is 30.8 Å². The molecule has 6 nitrogen and oxygen atoms in total. The quantitative estimate of drug-likeness (QED) is 0.641. The van der Waals surface area contributed by atoms with Crippen molar-refractivity contribution in [2.24, 2.45) is 10.7 Å². The van der Waals surface area contributed by atoms with Crippen molar-refractivity contribution in [2.75, 3.05) is 24.6 Å². The standard InChI is InChI=1S/C13H14ClF3N6S/c14-9-5-8(13(15,16)17)7-23-10(20-21-11(9)23)6-19-12(18)22-1-3-24-4-2-22/h5,7H,1-4,6H2,(H2,18,19). The molecule has 0 atom stereocenters. The summed E-state index contributed by atoms with van der Waals surface area (Å²) >= 11 is 7.71. The largest absolute Gasteiger partial charge is 0.417 e. The molecule has 2 aromatic rings. The van der Waals surface area contributed by atoms with Crippen LogP contribution in [-0.4, -0.2) is 50.1 Å². The lowest BCUT2D eigenvalue weighted by molar-refractivity contribution is -0.137. The molecular formula is C13H14ClF3N6S. The SMILES string of the molecule is NC(=NCc1nnc2c(Cl)cc(C(F)(F)F)cn12)N1CCSCC1. The molecule has 0 bridgehead atoms. The van der Waals surface area contributed by atoms with Gasteiger partial charge in [0.1, 0.15) is 6.54 Å². The summed E-state index contributed by atoms with van der Waals surface area (Å²) in [4.78, 5) is 6.16. The summed E-state index contributed by atoms with van der Waals surface area (Å²) in [6, 6.07) is 0.832. The van der Waals surface area contributed by atoms with Crippen molar-refractivity contribution in [3.8, 4) is 0 Å². The van der Waals surface area contributed by atoms with Crippen LogP contribution in [0.25, 0.3) is 5.65 Å². The molecular weight excluding hydrogens is 365 g/mol. The molecule has 0 spiro atoms. The number of rotatable bonds is 2. The van der Waals surface area contributed by atoms with Crippen LogP contribution in [0.1, 0.15) is 11.4 Å². The summed E-state index contributed by atoms with van der Waals surface area (Å²) < 4.78 is 40.0. The third-order valence-corrected chi connectivity index (χ3v) is 4.80. The molecule has 24 heavy (non-hydrogen) atoms. The zero-order chi connectivity index (χ0) is 17.3. The van der Waals surface area contributed by atoms with E-state index < -0.39 is 11.7 Å². The Morgan fingerprint density at radius 1 is 1.33 bits per heavy atom. The third kappa shape index (κ3) is 3.54. The van der Waals surface area contributed by atoms with Crippen LogP contribution in [0.3, 0.4) is 0 Å². The number of hydrogen-bond donors (Lipinski definition) is 1. The molecule has 2 aromatic heterocycles. The predicted molar refractivity (Wildman–Crippen MR) is 87.2 cm³/mol. The van der Waals surface area contributed by atoms with Crippen LogP contribution < -0.4 is 5.73 Å². The number of halogens is 4. The first-order chi connectivity index (χ1) is 11.4. The minimum Gasteiger partial charge on any atom is -0.370 e. The van der Waals surface area contributed by atoms with Crippen molar-refractivity contribution < 1.29 is 13.2 Å². The van der Waals surface area contributed by atoms with E-state index in [1.54, 1.807) is 0 Å². The lowest BCUT2D eigenvalue weighted by Gasteiger charge is -2.27.